The van der Waals surface area contributed by atoms with Crippen LogP contribution in [0.5, 0.6) is 11.5 Å². The standard InChI is InChI=1S/C22H17BrN2O5S2/c1-29-13-8-3-10(9-14(13)30-2)15-16-18(31-19-17(15)32-22(28)24-19)21(27)25(20(16)26)12-6-4-11(23)5-7-12/h3-9,15-16,18H,1-2H3,(H,24,28)/t15-,16-,18-/m1/s1. The monoisotopic (exact) mass is 532 g/mol. The highest BCUT2D eigenvalue weighted by molar-refractivity contribution is 9.10. The van der Waals surface area contributed by atoms with E-state index in [2.05, 4.69) is 20.9 Å². The Morgan fingerprint density at radius 2 is 1.69 bits per heavy atom. The van der Waals surface area contributed by atoms with E-state index < -0.39 is 17.1 Å². The van der Waals surface area contributed by atoms with E-state index in [1.54, 1.807) is 44.6 Å². The first-order valence-corrected chi connectivity index (χ1v) is 12.2. The number of thiazole rings is 1. The molecule has 3 atom stereocenters. The molecule has 1 saturated heterocycles. The van der Waals surface area contributed by atoms with Gasteiger partial charge in [0.1, 0.15) is 5.25 Å². The summed E-state index contributed by atoms with van der Waals surface area (Å²) < 4.78 is 11.7. The molecule has 0 spiro atoms. The fraction of sp³-hybridized carbons (Fsp3) is 0.227. The number of benzene rings is 2. The molecule has 2 aromatic carbocycles. The number of rotatable bonds is 4. The molecule has 10 heteroatoms. The van der Waals surface area contributed by atoms with E-state index >= 15 is 0 Å². The Morgan fingerprint density at radius 3 is 2.38 bits per heavy atom. The van der Waals surface area contributed by atoms with Gasteiger partial charge in [-0.1, -0.05) is 45.1 Å². The minimum Gasteiger partial charge on any atom is -0.493 e. The molecule has 1 aromatic heterocycles. The van der Waals surface area contributed by atoms with Crippen molar-refractivity contribution in [2.45, 2.75) is 16.2 Å². The summed E-state index contributed by atoms with van der Waals surface area (Å²) in [6, 6.07) is 12.5. The number of anilines is 1. The fourth-order valence-electron chi connectivity index (χ4n) is 4.27. The predicted octanol–water partition coefficient (Wildman–Crippen LogP) is 4.01. The highest BCUT2D eigenvalue weighted by Gasteiger charge is 2.56. The van der Waals surface area contributed by atoms with Gasteiger partial charge in [0.15, 0.2) is 11.5 Å². The van der Waals surface area contributed by atoms with E-state index in [0.717, 1.165) is 26.3 Å². The summed E-state index contributed by atoms with van der Waals surface area (Å²) in [7, 11) is 3.09. The zero-order valence-corrected chi connectivity index (χ0v) is 20.2. The smallest absolute Gasteiger partial charge is 0.305 e. The number of fused-ring (bicyclic) bond motifs is 2. The average molecular weight is 533 g/mol. The molecule has 0 saturated carbocycles. The van der Waals surface area contributed by atoms with E-state index in [9.17, 15) is 14.4 Å². The average Bonchev–Trinajstić information content (AvgIpc) is 3.28. The van der Waals surface area contributed by atoms with Gasteiger partial charge in [-0.3, -0.25) is 14.4 Å². The van der Waals surface area contributed by atoms with Gasteiger partial charge in [0.2, 0.25) is 11.8 Å². The van der Waals surface area contributed by atoms with Crippen LogP contribution in [0.1, 0.15) is 16.4 Å². The van der Waals surface area contributed by atoms with Gasteiger partial charge in [0.25, 0.3) is 0 Å². The Bertz CT molecular complexity index is 1290. The Kier molecular flexibility index (Phi) is 5.39. The lowest BCUT2D eigenvalue weighted by atomic mass is 9.83. The third kappa shape index (κ3) is 3.28. The number of aromatic nitrogens is 1. The molecular formula is C22H17BrN2O5S2. The van der Waals surface area contributed by atoms with Crippen LogP contribution in [0, 0.1) is 5.92 Å². The number of carbonyl (C=O) groups is 2. The molecule has 3 heterocycles. The van der Waals surface area contributed by atoms with Gasteiger partial charge < -0.3 is 14.5 Å². The van der Waals surface area contributed by atoms with Crippen molar-refractivity contribution in [3.05, 3.63) is 67.0 Å². The van der Waals surface area contributed by atoms with Crippen LogP contribution in [0.15, 0.2) is 56.8 Å². The second-order valence-electron chi connectivity index (χ2n) is 7.35. The number of thioether (sulfide) groups is 1. The molecule has 164 valence electrons. The number of halogens is 1. The molecule has 7 nitrogen and oxygen atoms in total. The summed E-state index contributed by atoms with van der Waals surface area (Å²) in [6.45, 7) is 0. The summed E-state index contributed by atoms with van der Waals surface area (Å²) >= 11 is 5.72. The number of hydrogen-bond donors (Lipinski definition) is 1. The van der Waals surface area contributed by atoms with E-state index in [-0.39, 0.29) is 16.7 Å². The van der Waals surface area contributed by atoms with Crippen molar-refractivity contribution in [2.75, 3.05) is 19.1 Å². The molecule has 3 aromatic rings. The summed E-state index contributed by atoms with van der Waals surface area (Å²) in [6.07, 6.45) is 0. The largest absolute Gasteiger partial charge is 0.493 e. The topological polar surface area (TPSA) is 88.7 Å². The summed E-state index contributed by atoms with van der Waals surface area (Å²) in [5.41, 5.74) is 1.31. The number of methoxy groups -OCH3 is 2. The van der Waals surface area contributed by atoms with Gasteiger partial charge in [-0.25, -0.2) is 4.90 Å². The van der Waals surface area contributed by atoms with Gasteiger partial charge in [0, 0.05) is 15.3 Å². The zero-order chi connectivity index (χ0) is 22.6. The van der Waals surface area contributed by atoms with Gasteiger partial charge >= 0.3 is 4.87 Å². The first-order valence-electron chi connectivity index (χ1n) is 9.68. The molecule has 2 aliphatic heterocycles. The van der Waals surface area contributed by atoms with Crippen LogP contribution < -0.4 is 19.2 Å². The quantitative estimate of drug-likeness (QED) is 0.510. The van der Waals surface area contributed by atoms with Crippen LogP contribution in [-0.4, -0.2) is 36.3 Å². The van der Waals surface area contributed by atoms with Gasteiger partial charge in [-0.05, 0) is 42.0 Å². The molecular weight excluding hydrogens is 516 g/mol. The Labute approximate surface area is 199 Å². The number of H-pyrrole nitrogens is 1. The number of nitrogens with one attached hydrogen (secondary N) is 1. The van der Waals surface area contributed by atoms with E-state index in [0.29, 0.717) is 22.2 Å². The lowest BCUT2D eigenvalue weighted by Crippen LogP contribution is -2.32. The van der Waals surface area contributed by atoms with Crippen LogP contribution >= 0.6 is 39.0 Å². The summed E-state index contributed by atoms with van der Waals surface area (Å²) in [5.74, 6) is -0.585. The molecule has 2 amide bonds. The van der Waals surface area contributed by atoms with Crippen molar-refractivity contribution in [3.8, 4) is 11.5 Å². The van der Waals surface area contributed by atoms with E-state index in [4.69, 9.17) is 9.47 Å². The molecule has 1 N–H and O–H groups in total. The zero-order valence-electron chi connectivity index (χ0n) is 17.0. The van der Waals surface area contributed by atoms with Crippen LogP contribution in [-0.2, 0) is 9.59 Å². The lowest BCUT2D eigenvalue weighted by Gasteiger charge is -2.30. The van der Waals surface area contributed by atoms with Crippen molar-refractivity contribution in [1.82, 2.24) is 4.98 Å². The molecule has 5 rings (SSSR count). The fourth-order valence-corrected chi connectivity index (χ4v) is 7.05. The Morgan fingerprint density at radius 1 is 0.969 bits per heavy atom. The maximum atomic E-state index is 13.7. The molecule has 0 aliphatic carbocycles. The van der Waals surface area contributed by atoms with Crippen molar-refractivity contribution in [1.29, 1.82) is 0 Å². The number of carbonyl (C=O) groups excluding carboxylic acids is 2. The normalized spacial score (nSPS) is 22.0. The molecule has 0 radical (unpaired) electrons. The van der Waals surface area contributed by atoms with Crippen molar-refractivity contribution in [3.63, 3.8) is 0 Å². The third-order valence-electron chi connectivity index (χ3n) is 5.68. The van der Waals surface area contributed by atoms with Crippen LogP contribution in [0.4, 0.5) is 5.69 Å². The highest BCUT2D eigenvalue weighted by atomic mass is 79.9. The lowest BCUT2D eigenvalue weighted by molar-refractivity contribution is -0.122. The maximum absolute atomic E-state index is 13.7. The SMILES string of the molecule is COc1ccc([C@H]2c3sc(=O)[nH]c3S[C@H]3C(=O)N(c4ccc(Br)cc4)C(=O)[C@H]23)cc1OC. The Balaban J connectivity index is 1.65. The third-order valence-corrected chi connectivity index (χ3v) is 8.61. The second-order valence-corrected chi connectivity index (χ2v) is 10.4. The van der Waals surface area contributed by atoms with Gasteiger partial charge in [0.05, 0.1) is 30.9 Å². The van der Waals surface area contributed by atoms with Crippen molar-refractivity contribution < 1.29 is 19.1 Å². The first kappa shape index (κ1) is 21.3. The minimum atomic E-state index is -0.645. The molecule has 32 heavy (non-hydrogen) atoms. The molecule has 1 fully saturated rings. The van der Waals surface area contributed by atoms with Gasteiger partial charge in [-0.15, -0.1) is 0 Å². The number of amides is 2. The highest BCUT2D eigenvalue weighted by Crippen LogP contribution is 2.53. The molecule has 2 aliphatic rings. The number of ether oxygens (including phenoxy) is 2. The molecule has 0 unspecified atom stereocenters. The Hall–Kier alpha value is -2.56. The van der Waals surface area contributed by atoms with Crippen molar-refractivity contribution >= 4 is 56.5 Å². The minimum absolute atomic E-state index is 0.211. The maximum Gasteiger partial charge on any atom is 0.305 e. The van der Waals surface area contributed by atoms with Crippen LogP contribution in [0.25, 0.3) is 0 Å². The number of imide groups is 1. The van der Waals surface area contributed by atoms with Gasteiger partial charge in [-0.2, -0.15) is 0 Å². The van der Waals surface area contributed by atoms with Crippen molar-refractivity contribution in [2.24, 2.45) is 5.92 Å². The number of aromatic amines is 1. The second kappa shape index (κ2) is 8.09. The summed E-state index contributed by atoms with van der Waals surface area (Å²) in [4.78, 5) is 43.9. The number of hydrogen-bond acceptors (Lipinski definition) is 7. The van der Waals surface area contributed by atoms with E-state index in [1.807, 2.05) is 12.1 Å². The van der Waals surface area contributed by atoms with Crippen LogP contribution in [0.2, 0.25) is 0 Å². The first-order chi connectivity index (χ1) is 15.4. The van der Waals surface area contributed by atoms with E-state index in [1.165, 1.54) is 16.7 Å². The number of nitrogens with zero attached hydrogens (tertiary/aromatic N) is 1. The molecule has 0 bridgehead atoms. The predicted molar refractivity (Wildman–Crippen MR) is 126 cm³/mol. The summed E-state index contributed by atoms with van der Waals surface area (Å²) in [5, 5.41) is 0.00170. The van der Waals surface area contributed by atoms with Crippen LogP contribution in [0.3, 0.4) is 0 Å².